The molecule has 16 heavy (non-hydrogen) atoms. The Labute approximate surface area is 94.1 Å². The van der Waals surface area contributed by atoms with Crippen molar-refractivity contribution in [2.24, 2.45) is 0 Å². The molecule has 1 aromatic carbocycles. The van der Waals surface area contributed by atoms with E-state index in [1.165, 1.54) is 0 Å². The molecule has 1 N–H and O–H groups in total. The maximum Gasteiger partial charge on any atom is 0.308 e. The van der Waals surface area contributed by atoms with E-state index in [0.717, 1.165) is 5.56 Å². The molecule has 0 radical (unpaired) electrons. The summed E-state index contributed by atoms with van der Waals surface area (Å²) < 4.78 is 4.94. The number of rotatable bonds is 5. The molecule has 0 aliphatic carbocycles. The molecular formula is C12H13NO3. The minimum absolute atomic E-state index is 0.0551. The van der Waals surface area contributed by atoms with Crippen molar-refractivity contribution in [2.75, 3.05) is 0 Å². The van der Waals surface area contributed by atoms with Crippen molar-refractivity contribution in [3.05, 3.63) is 35.9 Å². The van der Waals surface area contributed by atoms with Gasteiger partial charge in [0, 0.05) is 0 Å². The van der Waals surface area contributed by atoms with Crippen LogP contribution in [0.5, 0.6) is 0 Å². The number of hydrogen-bond donors (Lipinski definition) is 1. The molecule has 0 amide bonds. The fraction of sp³-hybridized carbons (Fsp3) is 0.333. The summed E-state index contributed by atoms with van der Waals surface area (Å²) in [6, 6.07) is 11.1. The largest absolute Gasteiger partial charge is 0.461 e. The molecule has 1 aromatic rings. The van der Waals surface area contributed by atoms with Gasteiger partial charge in [0.1, 0.15) is 6.61 Å². The second kappa shape index (κ2) is 6.59. The number of aliphatic hydroxyl groups excluding tert-OH is 1. The summed E-state index contributed by atoms with van der Waals surface area (Å²) in [6.07, 6.45) is -1.13. The van der Waals surface area contributed by atoms with E-state index in [9.17, 15) is 9.90 Å². The summed E-state index contributed by atoms with van der Waals surface area (Å²) in [5.41, 5.74) is 0.894. The third kappa shape index (κ3) is 4.58. The summed E-state index contributed by atoms with van der Waals surface area (Å²) in [5.74, 6) is -0.494. The van der Waals surface area contributed by atoms with E-state index in [-0.39, 0.29) is 19.4 Å². The first-order valence-corrected chi connectivity index (χ1v) is 4.97. The molecule has 84 valence electrons. The molecule has 0 aromatic heterocycles. The van der Waals surface area contributed by atoms with Crippen molar-refractivity contribution in [3.8, 4) is 6.07 Å². The third-order valence-corrected chi connectivity index (χ3v) is 1.97. The Bertz CT molecular complexity index is 370. The zero-order valence-corrected chi connectivity index (χ0v) is 8.80. The summed E-state index contributed by atoms with van der Waals surface area (Å²) in [6.45, 7) is 0.193. The van der Waals surface area contributed by atoms with Crippen LogP contribution in [-0.2, 0) is 16.1 Å². The molecule has 4 heteroatoms. The van der Waals surface area contributed by atoms with Gasteiger partial charge in [-0.15, -0.1) is 0 Å². The molecule has 1 rings (SSSR count). The predicted molar refractivity (Wildman–Crippen MR) is 57.1 cm³/mol. The third-order valence-electron chi connectivity index (χ3n) is 1.97. The summed E-state index contributed by atoms with van der Waals surface area (Å²) in [5, 5.41) is 17.5. The smallest absolute Gasteiger partial charge is 0.308 e. The highest BCUT2D eigenvalue weighted by atomic mass is 16.5. The lowest BCUT2D eigenvalue weighted by atomic mass is 10.2. The molecule has 0 saturated heterocycles. The van der Waals surface area contributed by atoms with E-state index in [4.69, 9.17) is 10.00 Å². The van der Waals surface area contributed by atoms with Gasteiger partial charge in [0.2, 0.25) is 0 Å². The number of esters is 1. The van der Waals surface area contributed by atoms with Crippen LogP contribution in [0.25, 0.3) is 0 Å². The molecular weight excluding hydrogens is 206 g/mol. The first-order chi connectivity index (χ1) is 7.72. The lowest BCUT2D eigenvalue weighted by Gasteiger charge is -2.07. The van der Waals surface area contributed by atoms with Crippen LogP contribution in [0.3, 0.4) is 0 Å². The molecule has 0 heterocycles. The van der Waals surface area contributed by atoms with Crippen LogP contribution >= 0.6 is 0 Å². The van der Waals surface area contributed by atoms with Crippen LogP contribution in [0.2, 0.25) is 0 Å². The molecule has 0 aliphatic rings. The summed E-state index contributed by atoms with van der Waals surface area (Å²) in [4.78, 5) is 11.2. The van der Waals surface area contributed by atoms with Crippen molar-refractivity contribution in [2.45, 2.75) is 25.6 Å². The molecule has 1 atom stereocenters. The molecule has 0 fully saturated rings. The van der Waals surface area contributed by atoms with Crippen LogP contribution in [0, 0.1) is 11.3 Å². The molecule has 0 bridgehead atoms. The second-order valence-corrected chi connectivity index (χ2v) is 3.37. The van der Waals surface area contributed by atoms with Gasteiger partial charge >= 0.3 is 5.97 Å². The number of ether oxygens (including phenoxy) is 1. The lowest BCUT2D eigenvalue weighted by molar-refractivity contribution is -0.147. The molecule has 4 nitrogen and oxygen atoms in total. The standard InChI is InChI=1S/C12H13NO3/c13-7-6-11(14)8-12(15)16-9-10-4-2-1-3-5-10/h1-5,11,14H,6,8-9H2/t11-/m0/s1. The Kier molecular flexibility index (Phi) is 5.03. The van der Waals surface area contributed by atoms with Gasteiger partial charge in [-0.1, -0.05) is 30.3 Å². The molecule has 0 spiro atoms. The summed E-state index contributed by atoms with van der Waals surface area (Å²) >= 11 is 0. The van der Waals surface area contributed by atoms with Crippen molar-refractivity contribution in [3.63, 3.8) is 0 Å². The van der Waals surface area contributed by atoms with Gasteiger partial charge in [-0.2, -0.15) is 5.26 Å². The average Bonchev–Trinajstić information content (AvgIpc) is 2.28. The topological polar surface area (TPSA) is 70.3 Å². The zero-order chi connectivity index (χ0) is 11.8. The highest BCUT2D eigenvalue weighted by molar-refractivity contribution is 5.69. The average molecular weight is 219 g/mol. The van der Waals surface area contributed by atoms with Gasteiger partial charge in [-0.25, -0.2) is 0 Å². The van der Waals surface area contributed by atoms with Gasteiger partial charge in [0.15, 0.2) is 0 Å². The van der Waals surface area contributed by atoms with Crippen LogP contribution in [-0.4, -0.2) is 17.2 Å². The monoisotopic (exact) mass is 219 g/mol. The maximum absolute atomic E-state index is 11.2. The Morgan fingerprint density at radius 1 is 1.44 bits per heavy atom. The van der Waals surface area contributed by atoms with Crippen LogP contribution in [0.15, 0.2) is 30.3 Å². The Morgan fingerprint density at radius 3 is 2.75 bits per heavy atom. The maximum atomic E-state index is 11.2. The van der Waals surface area contributed by atoms with Crippen molar-refractivity contribution < 1.29 is 14.6 Å². The summed E-state index contributed by atoms with van der Waals surface area (Å²) in [7, 11) is 0. The van der Waals surface area contributed by atoms with Gasteiger partial charge in [-0.05, 0) is 5.56 Å². The minimum atomic E-state index is -0.937. The number of aliphatic hydroxyl groups is 1. The number of nitriles is 1. The lowest BCUT2D eigenvalue weighted by Crippen LogP contribution is -2.15. The van der Waals surface area contributed by atoms with Crippen molar-refractivity contribution >= 4 is 5.97 Å². The van der Waals surface area contributed by atoms with E-state index in [1.54, 1.807) is 6.07 Å². The molecule has 0 aliphatic heterocycles. The SMILES string of the molecule is N#CC[C@H](O)CC(=O)OCc1ccccc1. The van der Waals surface area contributed by atoms with Crippen LogP contribution < -0.4 is 0 Å². The van der Waals surface area contributed by atoms with Crippen LogP contribution in [0.4, 0.5) is 0 Å². The zero-order valence-electron chi connectivity index (χ0n) is 8.80. The number of hydrogen-bond acceptors (Lipinski definition) is 4. The fourth-order valence-electron chi connectivity index (χ4n) is 1.17. The molecule has 0 unspecified atom stereocenters. The fourth-order valence-corrected chi connectivity index (χ4v) is 1.17. The second-order valence-electron chi connectivity index (χ2n) is 3.37. The van der Waals surface area contributed by atoms with Crippen molar-refractivity contribution in [1.82, 2.24) is 0 Å². The number of carbonyl (C=O) groups excluding carboxylic acids is 1. The predicted octanol–water partition coefficient (Wildman–Crippen LogP) is 1.39. The Balaban J connectivity index is 2.28. The first-order valence-electron chi connectivity index (χ1n) is 4.97. The molecule has 0 saturated carbocycles. The van der Waals surface area contributed by atoms with E-state index in [1.807, 2.05) is 30.3 Å². The van der Waals surface area contributed by atoms with E-state index >= 15 is 0 Å². The number of nitrogens with zero attached hydrogens (tertiary/aromatic N) is 1. The number of benzene rings is 1. The van der Waals surface area contributed by atoms with Gasteiger partial charge in [-0.3, -0.25) is 4.79 Å². The highest BCUT2D eigenvalue weighted by Gasteiger charge is 2.11. The minimum Gasteiger partial charge on any atom is -0.461 e. The quantitative estimate of drug-likeness (QED) is 0.760. The number of carbonyl (C=O) groups is 1. The highest BCUT2D eigenvalue weighted by Crippen LogP contribution is 2.04. The van der Waals surface area contributed by atoms with E-state index in [2.05, 4.69) is 0 Å². The van der Waals surface area contributed by atoms with Crippen molar-refractivity contribution in [1.29, 1.82) is 5.26 Å². The van der Waals surface area contributed by atoms with Gasteiger partial charge < -0.3 is 9.84 Å². The van der Waals surface area contributed by atoms with Gasteiger partial charge in [0.05, 0.1) is 25.0 Å². The van der Waals surface area contributed by atoms with E-state index < -0.39 is 12.1 Å². The van der Waals surface area contributed by atoms with Gasteiger partial charge in [0.25, 0.3) is 0 Å². The van der Waals surface area contributed by atoms with E-state index in [0.29, 0.717) is 0 Å². The first kappa shape index (κ1) is 12.2. The van der Waals surface area contributed by atoms with Crippen LogP contribution in [0.1, 0.15) is 18.4 Å². The Morgan fingerprint density at radius 2 is 2.12 bits per heavy atom. The normalized spacial score (nSPS) is 11.5. The Hall–Kier alpha value is -1.86.